The molecule has 0 fully saturated rings. The number of carboxylic acid groups (broad SMARTS) is 1. The lowest BCUT2D eigenvalue weighted by molar-refractivity contribution is -0.305. The van der Waals surface area contributed by atoms with Crippen molar-refractivity contribution in [1.29, 1.82) is 0 Å². The molecule has 0 spiro atoms. The average Bonchev–Trinajstić information content (AvgIpc) is 2.64. The standard InChI is InChI=1S/C20H29NO5/c1-3-5-11-16(4-2)19(24)21-17(12-13-18(22)23)20(25)26-14-15-9-7-6-8-10-15/h6-10,16-17H,3-5,11-14H2,1-2H3,(H,21,24)(H,22,23)/p-1/t16?,17-/m1/s1. The first-order valence-electron chi connectivity index (χ1n) is 9.18. The van der Waals surface area contributed by atoms with Gasteiger partial charge in [0.1, 0.15) is 12.6 Å². The SMILES string of the molecule is CCCCC(CC)C(=O)N[C@H](CCC(=O)[O-])C(=O)OCc1ccccc1. The summed E-state index contributed by atoms with van der Waals surface area (Å²) in [6, 6.07) is 8.17. The first kappa shape index (κ1) is 21.7. The fourth-order valence-corrected chi connectivity index (χ4v) is 2.60. The van der Waals surface area contributed by atoms with Crippen LogP contribution in [0, 0.1) is 5.92 Å². The molecular weight excluding hydrogens is 334 g/mol. The molecule has 1 aromatic rings. The minimum Gasteiger partial charge on any atom is -0.550 e. The molecule has 1 unspecified atom stereocenters. The number of esters is 1. The Morgan fingerprint density at radius 3 is 2.38 bits per heavy atom. The number of rotatable bonds is 12. The van der Waals surface area contributed by atoms with E-state index in [9.17, 15) is 19.5 Å². The predicted octanol–water partition coefficient (Wildman–Crippen LogP) is 1.96. The number of carboxylic acids is 1. The minimum atomic E-state index is -1.27. The molecule has 1 amide bonds. The first-order valence-corrected chi connectivity index (χ1v) is 9.18. The van der Waals surface area contributed by atoms with Crippen LogP contribution in [0.2, 0.25) is 0 Å². The van der Waals surface area contributed by atoms with Crippen LogP contribution in [0.3, 0.4) is 0 Å². The second-order valence-corrected chi connectivity index (χ2v) is 6.31. The van der Waals surface area contributed by atoms with E-state index in [0.29, 0.717) is 6.42 Å². The summed E-state index contributed by atoms with van der Waals surface area (Å²) in [6.07, 6.45) is 2.94. The van der Waals surface area contributed by atoms with Crippen molar-refractivity contribution in [2.75, 3.05) is 0 Å². The predicted molar refractivity (Wildman–Crippen MR) is 95.7 cm³/mol. The molecule has 6 nitrogen and oxygen atoms in total. The van der Waals surface area contributed by atoms with E-state index < -0.39 is 18.0 Å². The van der Waals surface area contributed by atoms with Gasteiger partial charge in [0.2, 0.25) is 5.91 Å². The number of nitrogens with one attached hydrogen (secondary N) is 1. The molecule has 0 aliphatic rings. The number of carbonyl (C=O) groups is 3. The van der Waals surface area contributed by atoms with Crippen LogP contribution >= 0.6 is 0 Å². The fraction of sp³-hybridized carbons (Fsp3) is 0.550. The number of amides is 1. The number of ether oxygens (including phenoxy) is 1. The van der Waals surface area contributed by atoms with E-state index in [1.54, 1.807) is 0 Å². The Hall–Kier alpha value is -2.37. The van der Waals surface area contributed by atoms with Gasteiger partial charge >= 0.3 is 5.97 Å². The molecule has 26 heavy (non-hydrogen) atoms. The first-order chi connectivity index (χ1) is 12.5. The van der Waals surface area contributed by atoms with Crippen molar-refractivity contribution in [2.45, 2.75) is 65.0 Å². The Labute approximate surface area is 154 Å². The zero-order valence-electron chi connectivity index (χ0n) is 15.5. The minimum absolute atomic E-state index is 0.0497. The highest BCUT2D eigenvalue weighted by Gasteiger charge is 2.25. The van der Waals surface area contributed by atoms with Crippen LogP contribution in [-0.4, -0.2) is 23.9 Å². The summed E-state index contributed by atoms with van der Waals surface area (Å²) < 4.78 is 5.25. The molecule has 1 rings (SSSR count). The second kappa shape index (κ2) is 12.1. The molecular formula is C20H28NO5-. The zero-order valence-corrected chi connectivity index (χ0v) is 15.5. The van der Waals surface area contributed by atoms with Gasteiger partial charge in [-0.2, -0.15) is 0 Å². The smallest absolute Gasteiger partial charge is 0.328 e. The number of aliphatic carboxylic acids is 1. The third kappa shape index (κ3) is 8.14. The van der Waals surface area contributed by atoms with Crippen molar-refractivity contribution in [3.63, 3.8) is 0 Å². The van der Waals surface area contributed by atoms with Crippen LogP contribution < -0.4 is 10.4 Å². The Balaban J connectivity index is 2.68. The molecule has 0 heterocycles. The van der Waals surface area contributed by atoms with Crippen LogP contribution in [0.5, 0.6) is 0 Å². The van der Waals surface area contributed by atoms with Gasteiger partial charge in [0.05, 0.1) is 0 Å². The molecule has 0 saturated carbocycles. The highest BCUT2D eigenvalue weighted by molar-refractivity contribution is 5.86. The summed E-state index contributed by atoms with van der Waals surface area (Å²) in [4.78, 5) is 35.5. The molecule has 0 aromatic heterocycles. The lowest BCUT2D eigenvalue weighted by Gasteiger charge is -2.21. The number of benzene rings is 1. The van der Waals surface area contributed by atoms with Gasteiger partial charge in [0.15, 0.2) is 0 Å². The van der Waals surface area contributed by atoms with E-state index in [1.165, 1.54) is 0 Å². The summed E-state index contributed by atoms with van der Waals surface area (Å²) in [5.41, 5.74) is 0.820. The molecule has 6 heteroatoms. The molecule has 0 saturated heterocycles. The Kier molecular flexibility index (Phi) is 10.1. The maximum absolute atomic E-state index is 12.4. The van der Waals surface area contributed by atoms with Crippen LogP contribution in [0.25, 0.3) is 0 Å². The van der Waals surface area contributed by atoms with Crippen LogP contribution in [0.4, 0.5) is 0 Å². The molecule has 0 bridgehead atoms. The van der Waals surface area contributed by atoms with Crippen molar-refractivity contribution in [1.82, 2.24) is 5.32 Å². The molecule has 0 radical (unpaired) electrons. The van der Waals surface area contributed by atoms with Gasteiger partial charge in [-0.05, 0) is 31.2 Å². The van der Waals surface area contributed by atoms with Crippen LogP contribution in [-0.2, 0) is 25.7 Å². The Bertz CT molecular complexity index is 573. The monoisotopic (exact) mass is 362 g/mol. The topological polar surface area (TPSA) is 95.5 Å². The third-order valence-electron chi connectivity index (χ3n) is 4.23. The number of unbranched alkanes of at least 4 members (excludes halogenated alkanes) is 1. The summed E-state index contributed by atoms with van der Waals surface area (Å²) in [5.74, 6) is -2.32. The van der Waals surface area contributed by atoms with E-state index in [2.05, 4.69) is 5.32 Å². The fourth-order valence-electron chi connectivity index (χ4n) is 2.60. The Morgan fingerprint density at radius 2 is 1.81 bits per heavy atom. The van der Waals surface area contributed by atoms with Crippen molar-refractivity contribution in [3.05, 3.63) is 35.9 Å². The van der Waals surface area contributed by atoms with Crippen molar-refractivity contribution in [3.8, 4) is 0 Å². The summed E-state index contributed by atoms with van der Waals surface area (Å²) in [6.45, 7) is 4.04. The van der Waals surface area contributed by atoms with Gasteiger partial charge in [-0.25, -0.2) is 4.79 Å². The van der Waals surface area contributed by atoms with E-state index >= 15 is 0 Å². The highest BCUT2D eigenvalue weighted by Crippen LogP contribution is 2.14. The van der Waals surface area contributed by atoms with Crippen LogP contribution in [0.15, 0.2) is 30.3 Å². The highest BCUT2D eigenvalue weighted by atomic mass is 16.5. The van der Waals surface area contributed by atoms with Gasteiger partial charge in [-0.15, -0.1) is 0 Å². The number of carbonyl (C=O) groups excluding carboxylic acids is 3. The summed E-state index contributed by atoms with van der Waals surface area (Å²) in [5, 5.41) is 13.4. The maximum atomic E-state index is 12.4. The largest absolute Gasteiger partial charge is 0.550 e. The number of hydrogen-bond acceptors (Lipinski definition) is 5. The molecule has 144 valence electrons. The Morgan fingerprint density at radius 1 is 1.12 bits per heavy atom. The van der Waals surface area contributed by atoms with E-state index in [-0.39, 0.29) is 31.3 Å². The van der Waals surface area contributed by atoms with Gasteiger partial charge < -0.3 is 20.0 Å². The maximum Gasteiger partial charge on any atom is 0.328 e. The van der Waals surface area contributed by atoms with Crippen molar-refractivity contribution >= 4 is 17.8 Å². The average molecular weight is 362 g/mol. The molecule has 2 atom stereocenters. The third-order valence-corrected chi connectivity index (χ3v) is 4.23. The molecule has 1 N–H and O–H groups in total. The zero-order chi connectivity index (χ0) is 19.4. The van der Waals surface area contributed by atoms with Gasteiger partial charge in [-0.1, -0.05) is 57.0 Å². The summed E-state index contributed by atoms with van der Waals surface area (Å²) >= 11 is 0. The quantitative estimate of drug-likeness (QED) is 0.574. The molecule has 1 aromatic carbocycles. The van der Waals surface area contributed by atoms with Crippen molar-refractivity contribution in [2.24, 2.45) is 5.92 Å². The van der Waals surface area contributed by atoms with E-state index in [4.69, 9.17) is 4.74 Å². The van der Waals surface area contributed by atoms with Gasteiger partial charge in [0.25, 0.3) is 0 Å². The van der Waals surface area contributed by atoms with E-state index in [0.717, 1.165) is 24.8 Å². The van der Waals surface area contributed by atoms with E-state index in [1.807, 2.05) is 44.2 Å². The summed E-state index contributed by atoms with van der Waals surface area (Å²) in [7, 11) is 0. The van der Waals surface area contributed by atoms with Gasteiger partial charge in [-0.3, -0.25) is 4.79 Å². The molecule has 0 aliphatic heterocycles. The molecule has 0 aliphatic carbocycles. The van der Waals surface area contributed by atoms with Crippen LogP contribution in [0.1, 0.15) is 57.9 Å². The number of hydrogen-bond donors (Lipinski definition) is 1. The second-order valence-electron chi connectivity index (χ2n) is 6.31. The lowest BCUT2D eigenvalue weighted by atomic mass is 9.97. The normalized spacial score (nSPS) is 12.8. The van der Waals surface area contributed by atoms with Gasteiger partial charge in [0, 0.05) is 11.9 Å². The lowest BCUT2D eigenvalue weighted by Crippen LogP contribution is -2.45. The van der Waals surface area contributed by atoms with Crippen molar-refractivity contribution < 1.29 is 24.2 Å².